The van der Waals surface area contributed by atoms with Crippen LogP contribution in [-0.4, -0.2) is 35.8 Å². The van der Waals surface area contributed by atoms with Crippen LogP contribution < -0.4 is 4.74 Å². The molecule has 0 bridgehead atoms. The lowest BCUT2D eigenvalue weighted by atomic mass is 9.91. The second-order valence-corrected chi connectivity index (χ2v) is 5.48. The first-order valence-corrected chi connectivity index (χ1v) is 7.96. The summed E-state index contributed by atoms with van der Waals surface area (Å²) in [6.45, 7) is 4.26. The first kappa shape index (κ1) is 14.4. The number of ether oxygens (including phenoxy) is 1. The molecule has 4 heteroatoms. The normalized spacial score (nSPS) is 17.5. The van der Waals surface area contributed by atoms with Gasteiger partial charge in [-0.1, -0.05) is 34.1 Å². The van der Waals surface area contributed by atoms with Gasteiger partial charge in [0.1, 0.15) is 5.75 Å². The van der Waals surface area contributed by atoms with Crippen molar-refractivity contribution in [2.24, 2.45) is 0 Å². The fraction of sp³-hybridized carbons (Fsp3) is 0.533. The molecule has 1 amide bonds. The lowest BCUT2D eigenvalue weighted by molar-refractivity contribution is -0.133. The van der Waals surface area contributed by atoms with Crippen LogP contribution in [-0.2, 0) is 4.79 Å². The van der Waals surface area contributed by atoms with Crippen molar-refractivity contribution in [2.45, 2.75) is 25.7 Å². The van der Waals surface area contributed by atoms with Gasteiger partial charge in [0.2, 0.25) is 5.91 Å². The SMILES string of the molecule is CCN(CCCBr)C(=O)C1CCOc2ccccc21. The standard InChI is InChI=1S/C15H20BrNO2/c1-2-17(10-5-9-16)15(18)13-8-11-19-14-7-4-3-6-12(13)14/h3-4,6-7,13H,2,5,8-11H2,1H3. The lowest BCUT2D eigenvalue weighted by Gasteiger charge is -2.30. The number of rotatable bonds is 5. The molecule has 1 aromatic carbocycles. The molecule has 0 spiro atoms. The Kier molecular flexibility index (Phi) is 5.25. The van der Waals surface area contributed by atoms with Crippen LogP contribution in [0.2, 0.25) is 0 Å². The molecule has 0 aliphatic carbocycles. The molecule has 0 aromatic heterocycles. The Labute approximate surface area is 123 Å². The highest BCUT2D eigenvalue weighted by molar-refractivity contribution is 9.09. The molecule has 1 heterocycles. The van der Waals surface area contributed by atoms with Gasteiger partial charge in [0.05, 0.1) is 12.5 Å². The van der Waals surface area contributed by atoms with E-state index in [1.54, 1.807) is 0 Å². The number of likely N-dealkylation sites (N-methyl/N-ethyl adjacent to an activating group) is 1. The molecule has 2 rings (SSSR count). The van der Waals surface area contributed by atoms with Gasteiger partial charge >= 0.3 is 0 Å². The summed E-state index contributed by atoms with van der Waals surface area (Å²) in [4.78, 5) is 14.6. The third-order valence-electron chi connectivity index (χ3n) is 3.51. The summed E-state index contributed by atoms with van der Waals surface area (Å²) >= 11 is 3.42. The van der Waals surface area contributed by atoms with E-state index in [9.17, 15) is 4.79 Å². The molecule has 0 radical (unpaired) electrons. The predicted molar refractivity (Wildman–Crippen MR) is 80.0 cm³/mol. The summed E-state index contributed by atoms with van der Waals surface area (Å²) in [5, 5.41) is 0.932. The van der Waals surface area contributed by atoms with E-state index in [4.69, 9.17) is 4.74 Å². The van der Waals surface area contributed by atoms with Crippen LogP contribution in [0.3, 0.4) is 0 Å². The minimum absolute atomic E-state index is 0.0415. The maximum atomic E-state index is 12.7. The Bertz CT molecular complexity index is 436. The minimum Gasteiger partial charge on any atom is -0.493 e. The number of amides is 1. The molecule has 1 aromatic rings. The molecular formula is C15H20BrNO2. The first-order valence-electron chi connectivity index (χ1n) is 6.84. The Morgan fingerprint density at radius 1 is 1.47 bits per heavy atom. The largest absolute Gasteiger partial charge is 0.493 e. The zero-order chi connectivity index (χ0) is 13.7. The van der Waals surface area contributed by atoms with E-state index in [-0.39, 0.29) is 11.8 Å². The fourth-order valence-corrected chi connectivity index (χ4v) is 2.74. The summed E-state index contributed by atoms with van der Waals surface area (Å²) in [7, 11) is 0. The molecule has 19 heavy (non-hydrogen) atoms. The summed E-state index contributed by atoms with van der Waals surface area (Å²) in [5.41, 5.74) is 1.04. The molecule has 1 unspecified atom stereocenters. The molecule has 1 atom stereocenters. The van der Waals surface area contributed by atoms with Gasteiger partial charge in [-0.3, -0.25) is 4.79 Å². The van der Waals surface area contributed by atoms with Crippen molar-refractivity contribution in [1.29, 1.82) is 0 Å². The highest BCUT2D eigenvalue weighted by Crippen LogP contribution is 2.34. The molecule has 0 N–H and O–H groups in total. The minimum atomic E-state index is -0.0415. The molecule has 3 nitrogen and oxygen atoms in total. The smallest absolute Gasteiger partial charge is 0.230 e. The number of carbonyl (C=O) groups excluding carboxylic acids is 1. The summed E-state index contributed by atoms with van der Waals surface area (Å²) in [5.74, 6) is 1.06. The van der Waals surface area contributed by atoms with Gasteiger partial charge in [0, 0.05) is 24.0 Å². The molecule has 104 valence electrons. The highest BCUT2D eigenvalue weighted by Gasteiger charge is 2.30. The molecular weight excluding hydrogens is 306 g/mol. The fourth-order valence-electron chi connectivity index (χ4n) is 2.49. The number of benzene rings is 1. The van der Waals surface area contributed by atoms with Crippen LogP contribution >= 0.6 is 15.9 Å². The van der Waals surface area contributed by atoms with Crippen LogP contribution in [0, 0.1) is 0 Å². The van der Waals surface area contributed by atoms with Gasteiger partial charge in [0.25, 0.3) is 0 Å². The van der Waals surface area contributed by atoms with Gasteiger partial charge < -0.3 is 9.64 Å². The zero-order valence-electron chi connectivity index (χ0n) is 11.3. The van der Waals surface area contributed by atoms with Crippen LogP contribution in [0.4, 0.5) is 0 Å². The predicted octanol–water partition coefficient (Wildman–Crippen LogP) is 3.19. The van der Waals surface area contributed by atoms with E-state index in [1.165, 1.54) is 0 Å². The quantitative estimate of drug-likeness (QED) is 0.778. The van der Waals surface area contributed by atoms with Crippen LogP contribution in [0.1, 0.15) is 31.2 Å². The molecule has 0 saturated carbocycles. The van der Waals surface area contributed by atoms with E-state index in [2.05, 4.69) is 15.9 Å². The number of hydrogen-bond acceptors (Lipinski definition) is 2. The average molecular weight is 326 g/mol. The maximum Gasteiger partial charge on any atom is 0.230 e. The Hall–Kier alpha value is -1.03. The second kappa shape index (κ2) is 6.94. The Balaban J connectivity index is 2.15. The number of alkyl halides is 1. The molecule has 0 fully saturated rings. The zero-order valence-corrected chi connectivity index (χ0v) is 12.9. The van der Waals surface area contributed by atoms with Crippen molar-refractivity contribution in [3.8, 4) is 5.75 Å². The lowest BCUT2D eigenvalue weighted by Crippen LogP contribution is -2.37. The van der Waals surface area contributed by atoms with Gasteiger partial charge in [-0.2, -0.15) is 0 Å². The van der Waals surface area contributed by atoms with E-state index >= 15 is 0 Å². The summed E-state index contributed by atoms with van der Waals surface area (Å²) < 4.78 is 5.62. The number of nitrogens with zero attached hydrogens (tertiary/aromatic N) is 1. The van der Waals surface area contributed by atoms with Crippen molar-refractivity contribution < 1.29 is 9.53 Å². The average Bonchev–Trinajstić information content (AvgIpc) is 2.47. The number of fused-ring (bicyclic) bond motifs is 1. The monoisotopic (exact) mass is 325 g/mol. The van der Waals surface area contributed by atoms with Gasteiger partial charge in [-0.25, -0.2) is 0 Å². The third-order valence-corrected chi connectivity index (χ3v) is 4.07. The van der Waals surface area contributed by atoms with Crippen molar-refractivity contribution in [2.75, 3.05) is 25.0 Å². The third kappa shape index (κ3) is 3.30. The van der Waals surface area contributed by atoms with Gasteiger partial charge in [0.15, 0.2) is 0 Å². The topological polar surface area (TPSA) is 29.5 Å². The van der Waals surface area contributed by atoms with Crippen LogP contribution in [0.15, 0.2) is 24.3 Å². The maximum absolute atomic E-state index is 12.7. The molecule has 1 aliphatic heterocycles. The Morgan fingerprint density at radius 3 is 3.00 bits per heavy atom. The van der Waals surface area contributed by atoms with Crippen molar-refractivity contribution >= 4 is 21.8 Å². The Morgan fingerprint density at radius 2 is 2.26 bits per heavy atom. The molecule has 0 saturated heterocycles. The van der Waals surface area contributed by atoms with E-state index in [1.807, 2.05) is 36.1 Å². The number of hydrogen-bond donors (Lipinski definition) is 0. The van der Waals surface area contributed by atoms with Crippen LogP contribution in [0.25, 0.3) is 0 Å². The van der Waals surface area contributed by atoms with E-state index in [0.29, 0.717) is 6.61 Å². The van der Waals surface area contributed by atoms with Crippen molar-refractivity contribution in [1.82, 2.24) is 4.90 Å². The van der Waals surface area contributed by atoms with Crippen molar-refractivity contribution in [3.05, 3.63) is 29.8 Å². The summed E-state index contributed by atoms with van der Waals surface area (Å²) in [6.07, 6.45) is 1.77. The van der Waals surface area contributed by atoms with Gasteiger partial charge in [-0.05, 0) is 25.8 Å². The highest BCUT2D eigenvalue weighted by atomic mass is 79.9. The van der Waals surface area contributed by atoms with Crippen LogP contribution in [0.5, 0.6) is 5.75 Å². The van der Waals surface area contributed by atoms with Gasteiger partial charge in [-0.15, -0.1) is 0 Å². The number of halogens is 1. The number of para-hydroxylation sites is 1. The molecule has 1 aliphatic rings. The number of carbonyl (C=O) groups is 1. The van der Waals surface area contributed by atoms with E-state index < -0.39 is 0 Å². The van der Waals surface area contributed by atoms with Crippen molar-refractivity contribution in [3.63, 3.8) is 0 Å². The summed E-state index contributed by atoms with van der Waals surface area (Å²) in [6, 6.07) is 7.88. The first-order chi connectivity index (χ1) is 9.27. The van der Waals surface area contributed by atoms with E-state index in [0.717, 1.165) is 42.6 Å². The second-order valence-electron chi connectivity index (χ2n) is 4.69.